The van der Waals surface area contributed by atoms with Gasteiger partial charge in [0, 0.05) is 12.4 Å². The largest absolute Gasteiger partial charge is 0.347 e. The van der Waals surface area contributed by atoms with Gasteiger partial charge in [-0.3, -0.25) is 21.3 Å². The van der Waals surface area contributed by atoms with Crippen molar-refractivity contribution < 1.29 is 4.79 Å². The number of anilines is 1. The first-order valence-corrected chi connectivity index (χ1v) is 3.25. The zero-order chi connectivity index (χ0) is 8.81. The van der Waals surface area contributed by atoms with Gasteiger partial charge >= 0.3 is 6.03 Å². The van der Waals surface area contributed by atoms with Crippen LogP contribution in [0.2, 0.25) is 0 Å². The van der Waals surface area contributed by atoms with Crippen LogP contribution in [0.15, 0.2) is 24.5 Å². The van der Waals surface area contributed by atoms with Crippen molar-refractivity contribution in [1.82, 2.24) is 15.8 Å². The Morgan fingerprint density at radius 2 is 2.08 bits per heavy atom. The van der Waals surface area contributed by atoms with E-state index in [0.29, 0.717) is 0 Å². The van der Waals surface area contributed by atoms with Gasteiger partial charge in [-0.05, 0) is 12.1 Å². The number of hydrogen-bond acceptors (Lipinski definition) is 4. The van der Waals surface area contributed by atoms with Crippen LogP contribution in [-0.4, -0.2) is 11.0 Å². The molecular weight excluding hydrogens is 158 g/mol. The Kier molecular flexibility index (Phi) is 2.86. The molecule has 1 aromatic heterocycles. The monoisotopic (exact) mass is 167 g/mol. The van der Waals surface area contributed by atoms with E-state index < -0.39 is 6.03 Å². The van der Waals surface area contributed by atoms with Gasteiger partial charge in [-0.15, -0.1) is 0 Å². The normalized spacial score (nSPS) is 8.75. The molecule has 0 saturated carbocycles. The van der Waals surface area contributed by atoms with Gasteiger partial charge in [-0.2, -0.15) is 0 Å². The molecule has 1 aromatic rings. The molecule has 0 fully saturated rings. The van der Waals surface area contributed by atoms with Crippen molar-refractivity contribution in [3.8, 4) is 0 Å². The lowest BCUT2D eigenvalue weighted by Gasteiger charge is -2.06. The highest BCUT2D eigenvalue weighted by Gasteiger charge is 1.93. The SMILES string of the molecule is NNC(=O)NNc1ccncc1. The van der Waals surface area contributed by atoms with E-state index >= 15 is 0 Å². The summed E-state index contributed by atoms with van der Waals surface area (Å²) in [6.45, 7) is 0. The Labute approximate surface area is 69.1 Å². The first kappa shape index (κ1) is 8.28. The topological polar surface area (TPSA) is 92.1 Å². The smallest absolute Gasteiger partial charge is 0.297 e. The zero-order valence-corrected chi connectivity index (χ0v) is 6.24. The predicted molar refractivity (Wildman–Crippen MR) is 43.7 cm³/mol. The molecule has 1 heterocycles. The number of rotatable bonds is 2. The quantitative estimate of drug-likeness (QED) is 0.273. The third-order valence-corrected chi connectivity index (χ3v) is 1.13. The van der Waals surface area contributed by atoms with Gasteiger partial charge in [0.2, 0.25) is 0 Å². The fourth-order valence-electron chi connectivity index (χ4n) is 0.600. The van der Waals surface area contributed by atoms with Crippen LogP contribution in [-0.2, 0) is 0 Å². The Morgan fingerprint density at radius 1 is 1.42 bits per heavy atom. The maximum absolute atomic E-state index is 10.6. The summed E-state index contributed by atoms with van der Waals surface area (Å²) in [5.41, 5.74) is 7.55. The van der Waals surface area contributed by atoms with Gasteiger partial charge in [-0.25, -0.2) is 10.6 Å². The van der Waals surface area contributed by atoms with Crippen molar-refractivity contribution in [3.63, 3.8) is 0 Å². The molecule has 0 unspecified atom stereocenters. The second-order valence-electron chi connectivity index (χ2n) is 1.96. The van der Waals surface area contributed by atoms with Gasteiger partial charge in [-0.1, -0.05) is 0 Å². The van der Waals surface area contributed by atoms with Crippen LogP contribution >= 0.6 is 0 Å². The molecule has 12 heavy (non-hydrogen) atoms. The Morgan fingerprint density at radius 3 is 2.67 bits per heavy atom. The van der Waals surface area contributed by atoms with Crippen LogP contribution in [0, 0.1) is 0 Å². The first-order valence-electron chi connectivity index (χ1n) is 3.25. The number of aromatic nitrogens is 1. The third kappa shape index (κ3) is 2.43. The standard InChI is InChI=1S/C6H9N5O/c7-9-6(12)11-10-5-1-3-8-4-2-5/h1-4H,7H2,(H,8,10)(H2,9,11,12). The van der Waals surface area contributed by atoms with E-state index in [2.05, 4.69) is 15.8 Å². The van der Waals surface area contributed by atoms with E-state index in [1.165, 1.54) is 0 Å². The van der Waals surface area contributed by atoms with Crippen LogP contribution in [0.4, 0.5) is 10.5 Å². The molecule has 0 aromatic carbocycles. The van der Waals surface area contributed by atoms with Crippen molar-refractivity contribution >= 4 is 11.7 Å². The average Bonchev–Trinajstić information content (AvgIpc) is 2.16. The van der Waals surface area contributed by atoms with Crippen molar-refractivity contribution in [3.05, 3.63) is 24.5 Å². The molecule has 0 radical (unpaired) electrons. The van der Waals surface area contributed by atoms with Gasteiger partial charge in [0.25, 0.3) is 0 Å². The molecular formula is C6H9N5O. The van der Waals surface area contributed by atoms with Gasteiger partial charge in [0.1, 0.15) is 0 Å². The number of amides is 2. The van der Waals surface area contributed by atoms with Crippen LogP contribution in [0.25, 0.3) is 0 Å². The molecule has 0 spiro atoms. The highest BCUT2D eigenvalue weighted by Crippen LogP contribution is 1.99. The van der Waals surface area contributed by atoms with Crippen molar-refractivity contribution in [2.75, 3.05) is 5.43 Å². The minimum atomic E-state index is -0.508. The molecule has 0 aliphatic heterocycles. The predicted octanol–water partition coefficient (Wildman–Crippen LogP) is -0.419. The Balaban J connectivity index is 2.38. The van der Waals surface area contributed by atoms with Crippen LogP contribution in [0.3, 0.4) is 0 Å². The van der Waals surface area contributed by atoms with E-state index in [0.717, 1.165) is 5.69 Å². The second kappa shape index (κ2) is 4.14. The summed E-state index contributed by atoms with van der Waals surface area (Å²) < 4.78 is 0. The van der Waals surface area contributed by atoms with Gasteiger partial charge < -0.3 is 0 Å². The van der Waals surface area contributed by atoms with E-state index in [4.69, 9.17) is 5.84 Å². The lowest BCUT2D eigenvalue weighted by atomic mass is 10.4. The molecule has 0 atom stereocenters. The number of hydrogen-bond donors (Lipinski definition) is 4. The van der Waals surface area contributed by atoms with Crippen LogP contribution in [0.5, 0.6) is 0 Å². The number of urea groups is 1. The van der Waals surface area contributed by atoms with Crippen LogP contribution < -0.4 is 22.1 Å². The average molecular weight is 167 g/mol. The molecule has 0 bridgehead atoms. The maximum atomic E-state index is 10.6. The summed E-state index contributed by atoms with van der Waals surface area (Å²) in [6, 6.07) is 2.90. The number of nitrogens with zero attached hydrogens (tertiary/aromatic N) is 1. The highest BCUT2D eigenvalue weighted by molar-refractivity contribution is 5.74. The Bertz CT molecular complexity index is 249. The van der Waals surface area contributed by atoms with Crippen LogP contribution in [0.1, 0.15) is 0 Å². The first-order chi connectivity index (χ1) is 5.83. The molecule has 0 aliphatic rings. The molecule has 2 amide bonds. The second-order valence-corrected chi connectivity index (χ2v) is 1.96. The highest BCUT2D eigenvalue weighted by atomic mass is 16.2. The molecule has 0 saturated heterocycles. The molecule has 6 heteroatoms. The van der Waals surface area contributed by atoms with Crippen molar-refractivity contribution in [2.45, 2.75) is 0 Å². The molecule has 5 N–H and O–H groups in total. The third-order valence-electron chi connectivity index (χ3n) is 1.13. The molecule has 64 valence electrons. The summed E-state index contributed by atoms with van der Waals surface area (Å²) in [4.78, 5) is 14.4. The zero-order valence-electron chi connectivity index (χ0n) is 6.24. The number of nitrogens with one attached hydrogen (secondary N) is 3. The number of carbonyl (C=O) groups excluding carboxylic acids is 1. The van der Waals surface area contributed by atoms with E-state index in [1.807, 2.05) is 5.43 Å². The fourth-order valence-corrected chi connectivity index (χ4v) is 0.600. The lowest BCUT2D eigenvalue weighted by Crippen LogP contribution is -2.42. The number of nitrogens with two attached hydrogens (primary N) is 1. The minimum absolute atomic E-state index is 0.508. The minimum Gasteiger partial charge on any atom is -0.297 e. The number of carbonyl (C=O) groups is 1. The Hall–Kier alpha value is -1.82. The molecule has 1 rings (SSSR count). The summed E-state index contributed by atoms with van der Waals surface area (Å²) in [6.07, 6.45) is 3.20. The fraction of sp³-hybridized carbons (Fsp3) is 0. The lowest BCUT2D eigenvalue weighted by molar-refractivity contribution is 0.243. The maximum Gasteiger partial charge on any atom is 0.347 e. The number of pyridine rings is 1. The summed E-state index contributed by atoms with van der Waals surface area (Å²) in [5, 5.41) is 0. The number of hydrazine groups is 2. The van der Waals surface area contributed by atoms with E-state index in [1.54, 1.807) is 24.5 Å². The van der Waals surface area contributed by atoms with Crippen molar-refractivity contribution in [1.29, 1.82) is 0 Å². The molecule has 6 nitrogen and oxygen atoms in total. The summed E-state index contributed by atoms with van der Waals surface area (Å²) >= 11 is 0. The van der Waals surface area contributed by atoms with Gasteiger partial charge in [0.05, 0.1) is 5.69 Å². The van der Waals surface area contributed by atoms with Crippen molar-refractivity contribution in [2.24, 2.45) is 5.84 Å². The summed E-state index contributed by atoms with van der Waals surface area (Å²) in [7, 11) is 0. The molecule has 0 aliphatic carbocycles. The van der Waals surface area contributed by atoms with E-state index in [9.17, 15) is 4.79 Å². The van der Waals surface area contributed by atoms with E-state index in [-0.39, 0.29) is 0 Å². The van der Waals surface area contributed by atoms with Gasteiger partial charge in [0.15, 0.2) is 0 Å². The summed E-state index contributed by atoms with van der Waals surface area (Å²) in [5.74, 6) is 4.82.